The molecule has 0 unspecified atom stereocenters. The maximum Gasteiger partial charge on any atom is 0.182 e. The van der Waals surface area contributed by atoms with Crippen molar-refractivity contribution in [2.75, 3.05) is 4.90 Å². The molecule has 0 radical (unpaired) electrons. The summed E-state index contributed by atoms with van der Waals surface area (Å²) >= 11 is 3.86. The van der Waals surface area contributed by atoms with Crippen LogP contribution in [0.4, 0.5) is 17.1 Å². The molecule has 0 saturated heterocycles. The Hall–Kier alpha value is -6.43. The van der Waals surface area contributed by atoms with E-state index < -0.39 is 13.5 Å². The molecule has 0 aliphatic carbocycles. The Balaban J connectivity index is 1.07. The van der Waals surface area contributed by atoms with Crippen molar-refractivity contribution in [3.8, 4) is 22.3 Å². The maximum atomic E-state index is 2.59. The summed E-state index contributed by atoms with van der Waals surface area (Å²) in [4.78, 5) is 5.28. The minimum absolute atomic E-state index is 0.523. The molecule has 5 heterocycles. The van der Waals surface area contributed by atoms with E-state index in [0.717, 1.165) is 0 Å². The van der Waals surface area contributed by atoms with Crippen molar-refractivity contribution < 1.29 is 0 Å². The largest absolute Gasteiger partial charge is 0.310 e. The van der Waals surface area contributed by atoms with Crippen molar-refractivity contribution in [3.63, 3.8) is 0 Å². The molecular weight excluding hydrogens is 767 g/mol. The van der Waals surface area contributed by atoms with Crippen LogP contribution in [0, 0.1) is 0 Å². The standard InChI is InChI=1S/C55H33NS2Si/c1-10-24-46-39(18-1)53-48(57-46)32-31-43-54(53)58-47-25-11-7-21-42(47)55(43)40-19-5-8-22-44(40)56(45-23-9-6-20-41(45)55)34-29-30-38-37-17-4-14-28-51(37)59(52(38)33-34)49-26-12-2-15-35(49)36-16-3-13-27-50(36)59/h1-33H. The van der Waals surface area contributed by atoms with Gasteiger partial charge in [-0.05, 0) is 108 Å². The number of thiophene rings is 1. The van der Waals surface area contributed by atoms with Crippen LogP contribution in [-0.4, -0.2) is 8.07 Å². The molecule has 14 rings (SSSR count). The Morgan fingerprint density at radius 2 is 0.949 bits per heavy atom. The van der Waals surface area contributed by atoms with Crippen molar-refractivity contribution >= 4 is 89.2 Å². The molecule has 0 amide bonds. The zero-order valence-corrected chi connectivity index (χ0v) is 34.4. The van der Waals surface area contributed by atoms with Crippen LogP contribution in [0.1, 0.15) is 22.3 Å². The average molecular weight is 800 g/mol. The molecule has 4 aliphatic heterocycles. The van der Waals surface area contributed by atoms with Gasteiger partial charge in [-0.25, -0.2) is 0 Å². The van der Waals surface area contributed by atoms with E-state index in [1.807, 2.05) is 23.1 Å². The second-order valence-corrected chi connectivity index (χ2v) is 22.0. The summed E-state index contributed by atoms with van der Waals surface area (Å²) in [5.41, 5.74) is 14.0. The highest BCUT2D eigenvalue weighted by atomic mass is 32.2. The maximum absolute atomic E-state index is 2.63. The summed E-state index contributed by atoms with van der Waals surface area (Å²) in [5, 5.41) is 8.72. The summed E-state index contributed by atoms with van der Waals surface area (Å²) in [7, 11) is -2.63. The molecule has 1 nitrogen and oxygen atoms in total. The lowest BCUT2D eigenvalue weighted by molar-refractivity contribution is 0.695. The van der Waals surface area contributed by atoms with E-state index in [-0.39, 0.29) is 0 Å². The molecule has 4 heteroatoms. The molecule has 1 aromatic heterocycles. The fraction of sp³-hybridized carbons (Fsp3) is 0.0182. The van der Waals surface area contributed by atoms with Crippen molar-refractivity contribution in [2.24, 2.45) is 0 Å². The zero-order chi connectivity index (χ0) is 38.5. The number of hydrogen-bond donors (Lipinski definition) is 0. The minimum Gasteiger partial charge on any atom is -0.310 e. The van der Waals surface area contributed by atoms with Crippen LogP contribution in [0.3, 0.4) is 0 Å². The number of hydrogen-bond acceptors (Lipinski definition) is 3. The lowest BCUT2D eigenvalue weighted by atomic mass is 9.62. The summed E-state index contributed by atoms with van der Waals surface area (Å²) in [6, 6.07) is 76.7. The van der Waals surface area contributed by atoms with Crippen LogP contribution in [0.25, 0.3) is 42.4 Å². The van der Waals surface area contributed by atoms with Gasteiger partial charge in [-0.3, -0.25) is 0 Å². The Labute approximate surface area is 351 Å². The van der Waals surface area contributed by atoms with Crippen molar-refractivity contribution in [1.82, 2.24) is 0 Å². The summed E-state index contributed by atoms with van der Waals surface area (Å²) in [6.45, 7) is 0. The lowest BCUT2D eigenvalue weighted by Gasteiger charge is -2.49. The first-order chi connectivity index (χ1) is 29.3. The SMILES string of the molecule is c1ccc2c(c1)Sc1c(ccc3sc4ccccc4c13)C21c2ccccc2N(c2ccc3c(c2)[Si]2(c4ccccc4-c4ccccc42)c2ccccc2-3)c2ccccc21. The van der Waals surface area contributed by atoms with Gasteiger partial charge in [0.05, 0.1) is 16.8 Å². The molecule has 2 spiro atoms. The third-order valence-electron chi connectivity index (χ3n) is 13.7. The van der Waals surface area contributed by atoms with Crippen LogP contribution < -0.4 is 25.6 Å². The molecule has 4 aliphatic rings. The van der Waals surface area contributed by atoms with Gasteiger partial charge in [-0.1, -0.05) is 169 Å². The van der Waals surface area contributed by atoms with E-state index >= 15 is 0 Å². The van der Waals surface area contributed by atoms with Crippen molar-refractivity contribution in [2.45, 2.75) is 15.2 Å². The second-order valence-electron chi connectivity index (χ2n) is 16.2. The summed E-state index contributed by atoms with van der Waals surface area (Å²) in [5.74, 6) is 0. The Bertz CT molecular complexity index is 3360. The van der Waals surface area contributed by atoms with E-state index in [0.29, 0.717) is 0 Å². The third kappa shape index (κ3) is 3.89. The molecule has 0 fully saturated rings. The highest BCUT2D eigenvalue weighted by molar-refractivity contribution is 7.99. The first kappa shape index (κ1) is 32.5. The lowest BCUT2D eigenvalue weighted by Crippen LogP contribution is -2.70. The van der Waals surface area contributed by atoms with Gasteiger partial charge in [0.1, 0.15) is 0 Å². The zero-order valence-electron chi connectivity index (χ0n) is 31.8. The van der Waals surface area contributed by atoms with Gasteiger partial charge in [-0.2, -0.15) is 0 Å². The van der Waals surface area contributed by atoms with Crippen LogP contribution in [0.2, 0.25) is 0 Å². The first-order valence-electron chi connectivity index (χ1n) is 20.4. The monoisotopic (exact) mass is 799 g/mol. The number of nitrogens with zero attached hydrogens (tertiary/aromatic N) is 1. The minimum atomic E-state index is -2.63. The molecule has 0 saturated carbocycles. The quantitative estimate of drug-likeness (QED) is 0.152. The molecule has 0 atom stereocenters. The van der Waals surface area contributed by atoms with Crippen molar-refractivity contribution in [3.05, 3.63) is 222 Å². The number of fused-ring (bicyclic) bond motifs is 22. The summed E-state index contributed by atoms with van der Waals surface area (Å²) < 4.78 is 2.69. The smallest absolute Gasteiger partial charge is 0.182 e. The van der Waals surface area contributed by atoms with E-state index in [4.69, 9.17) is 0 Å². The van der Waals surface area contributed by atoms with Crippen molar-refractivity contribution in [1.29, 1.82) is 0 Å². The second kappa shape index (κ2) is 11.6. The highest BCUT2D eigenvalue weighted by Crippen LogP contribution is 2.64. The van der Waals surface area contributed by atoms with Gasteiger partial charge in [0, 0.05) is 35.7 Å². The Morgan fingerprint density at radius 3 is 1.63 bits per heavy atom. The highest BCUT2D eigenvalue weighted by Gasteiger charge is 2.55. The topological polar surface area (TPSA) is 3.24 Å². The Morgan fingerprint density at radius 1 is 0.407 bits per heavy atom. The van der Waals surface area contributed by atoms with Gasteiger partial charge in [0.25, 0.3) is 0 Å². The van der Waals surface area contributed by atoms with Gasteiger partial charge in [-0.15, -0.1) is 11.3 Å². The van der Waals surface area contributed by atoms with Crippen LogP contribution in [-0.2, 0) is 5.41 Å². The summed E-state index contributed by atoms with van der Waals surface area (Å²) in [6.07, 6.45) is 0. The Kier molecular flexibility index (Phi) is 6.40. The third-order valence-corrected chi connectivity index (χ3v) is 21.0. The van der Waals surface area contributed by atoms with Crippen LogP contribution in [0.5, 0.6) is 0 Å². The van der Waals surface area contributed by atoms with E-state index in [2.05, 4.69) is 205 Å². The van der Waals surface area contributed by atoms with Crippen LogP contribution >= 0.6 is 23.1 Å². The fourth-order valence-electron chi connectivity index (χ4n) is 11.6. The van der Waals surface area contributed by atoms with Gasteiger partial charge >= 0.3 is 0 Å². The fourth-order valence-corrected chi connectivity index (χ4v) is 19.8. The average Bonchev–Trinajstić information content (AvgIpc) is 3.93. The molecule has 0 N–H and O–H groups in total. The first-order valence-corrected chi connectivity index (χ1v) is 24.1. The molecular formula is C55H33NS2Si. The number of rotatable bonds is 1. The predicted molar refractivity (Wildman–Crippen MR) is 252 cm³/mol. The number of para-hydroxylation sites is 2. The number of anilines is 3. The van der Waals surface area contributed by atoms with Gasteiger partial charge < -0.3 is 4.90 Å². The van der Waals surface area contributed by atoms with Gasteiger partial charge in [0.15, 0.2) is 8.07 Å². The van der Waals surface area contributed by atoms with Gasteiger partial charge in [0.2, 0.25) is 0 Å². The van der Waals surface area contributed by atoms with E-state index in [1.165, 1.54) is 112 Å². The normalized spacial score (nSPS) is 15.3. The molecule has 10 aromatic rings. The molecule has 274 valence electrons. The van der Waals surface area contributed by atoms with E-state index in [1.54, 1.807) is 0 Å². The molecule has 0 bridgehead atoms. The van der Waals surface area contributed by atoms with Crippen LogP contribution in [0.15, 0.2) is 210 Å². The van der Waals surface area contributed by atoms with E-state index in [9.17, 15) is 0 Å². The molecule has 9 aromatic carbocycles. The number of benzene rings is 9. The molecule has 59 heavy (non-hydrogen) atoms. The predicted octanol–water partition coefficient (Wildman–Crippen LogP) is 12.0.